The molecule has 0 aliphatic heterocycles. The first-order chi connectivity index (χ1) is 25.3. The van der Waals surface area contributed by atoms with Gasteiger partial charge in [-0.25, -0.2) is 0 Å². The van der Waals surface area contributed by atoms with Gasteiger partial charge in [0.05, 0.1) is 22.1 Å². The van der Waals surface area contributed by atoms with Crippen molar-refractivity contribution in [2.75, 3.05) is 0 Å². The predicted molar refractivity (Wildman–Crippen MR) is 215 cm³/mol. The van der Waals surface area contributed by atoms with Gasteiger partial charge in [0.2, 0.25) is 0 Å². The van der Waals surface area contributed by atoms with Crippen LogP contribution in [0.5, 0.6) is 0 Å². The van der Waals surface area contributed by atoms with Crippen LogP contribution in [0.2, 0.25) is 0 Å². The van der Waals surface area contributed by atoms with Gasteiger partial charge in [-0.1, -0.05) is 121 Å². The van der Waals surface area contributed by atoms with E-state index in [9.17, 15) is 0 Å². The topological polar surface area (TPSA) is 23.0 Å². The number of furan rings is 1. The fourth-order valence-corrected chi connectivity index (χ4v) is 9.05. The van der Waals surface area contributed by atoms with Crippen molar-refractivity contribution in [1.29, 1.82) is 0 Å². The maximum absolute atomic E-state index is 6.98. The quantitative estimate of drug-likeness (QED) is 0.171. The fourth-order valence-electron chi connectivity index (χ4n) is 9.05. The minimum atomic E-state index is 0.900. The van der Waals surface area contributed by atoms with Gasteiger partial charge >= 0.3 is 0 Å². The summed E-state index contributed by atoms with van der Waals surface area (Å²) >= 11 is 0. The first-order valence-corrected chi connectivity index (χ1v) is 17.5. The average Bonchev–Trinajstić information content (AvgIpc) is 3.86. The summed E-state index contributed by atoms with van der Waals surface area (Å²) in [6.45, 7) is 0. The zero-order valence-corrected chi connectivity index (χ0v) is 27.5. The predicted octanol–water partition coefficient (Wildman–Crippen LogP) is 13.2. The lowest BCUT2D eigenvalue weighted by atomic mass is 9.89. The minimum absolute atomic E-state index is 0.900. The molecular weight excluding hydrogens is 621 g/mol. The van der Waals surface area contributed by atoms with Crippen LogP contribution >= 0.6 is 0 Å². The molecule has 0 N–H and O–H groups in total. The van der Waals surface area contributed by atoms with E-state index < -0.39 is 0 Å². The molecule has 0 aliphatic rings. The number of nitrogens with zero attached hydrogens (tertiary/aromatic N) is 2. The number of para-hydroxylation sites is 4. The molecule has 12 rings (SSSR count). The van der Waals surface area contributed by atoms with Gasteiger partial charge in [-0.15, -0.1) is 0 Å². The van der Waals surface area contributed by atoms with E-state index in [1.54, 1.807) is 0 Å². The Bertz CT molecular complexity index is 3360. The van der Waals surface area contributed by atoms with E-state index in [0.717, 1.165) is 39.0 Å². The molecule has 3 heterocycles. The number of rotatable bonds is 2. The number of hydrogen-bond acceptors (Lipinski definition) is 1. The minimum Gasteiger partial charge on any atom is -0.454 e. The van der Waals surface area contributed by atoms with Gasteiger partial charge in [0, 0.05) is 54.5 Å². The van der Waals surface area contributed by atoms with Crippen LogP contribution < -0.4 is 0 Å². The average molecular weight is 649 g/mol. The van der Waals surface area contributed by atoms with Crippen LogP contribution in [-0.4, -0.2) is 9.13 Å². The molecule has 0 atom stereocenters. The highest BCUT2D eigenvalue weighted by molar-refractivity contribution is 6.44. The summed E-state index contributed by atoms with van der Waals surface area (Å²) in [5, 5.41) is 14.8. The van der Waals surface area contributed by atoms with Crippen LogP contribution in [0.1, 0.15) is 0 Å². The molecule has 0 saturated heterocycles. The van der Waals surface area contributed by atoms with Crippen molar-refractivity contribution in [3.05, 3.63) is 170 Å². The smallest absolute Gasteiger partial charge is 0.160 e. The Morgan fingerprint density at radius 3 is 1.29 bits per heavy atom. The molecule has 0 bridgehead atoms. The highest BCUT2D eigenvalue weighted by atomic mass is 16.3. The Balaban J connectivity index is 1.26. The zero-order chi connectivity index (χ0) is 33.2. The van der Waals surface area contributed by atoms with Crippen LogP contribution in [-0.2, 0) is 0 Å². The second-order valence-electron chi connectivity index (χ2n) is 13.6. The van der Waals surface area contributed by atoms with Gasteiger partial charge < -0.3 is 13.6 Å². The van der Waals surface area contributed by atoms with E-state index in [1.807, 2.05) is 0 Å². The lowest BCUT2D eigenvalue weighted by Gasteiger charge is -2.14. The summed E-state index contributed by atoms with van der Waals surface area (Å²) in [5.74, 6) is 0. The summed E-state index contributed by atoms with van der Waals surface area (Å²) in [6.07, 6.45) is 0. The van der Waals surface area contributed by atoms with E-state index in [-0.39, 0.29) is 0 Å². The molecule has 0 amide bonds. The Morgan fingerprint density at radius 1 is 0.294 bits per heavy atom. The lowest BCUT2D eigenvalue weighted by molar-refractivity contribution is 0.671. The second kappa shape index (κ2) is 9.87. The number of hydrogen-bond donors (Lipinski definition) is 0. The summed E-state index contributed by atoms with van der Waals surface area (Å²) in [4.78, 5) is 0. The van der Waals surface area contributed by atoms with Crippen molar-refractivity contribution >= 4 is 97.9 Å². The van der Waals surface area contributed by atoms with Gasteiger partial charge in [0.1, 0.15) is 5.58 Å². The molecular formula is C48H28N2O. The van der Waals surface area contributed by atoms with Crippen molar-refractivity contribution in [3.63, 3.8) is 0 Å². The molecule has 236 valence electrons. The fraction of sp³-hybridized carbons (Fsp3) is 0. The highest BCUT2D eigenvalue weighted by Gasteiger charge is 2.25. The first kappa shape index (κ1) is 27.0. The molecule has 3 heteroatoms. The standard InChI is InChI=1S/C48H28N2O/c1-3-17-35-31(13-1)32-14-2-4-18-36(32)44-43(35)45-37-19-7-11-23-41(37)50(47(45)48-46(44)38-20-8-12-24-42(38)51-48)30-27-25-29(26-28-30)49-39-21-9-5-15-33(39)34-16-6-10-22-40(34)49/h1-28H. The number of aromatic nitrogens is 2. The molecule has 9 aromatic carbocycles. The molecule has 3 nitrogen and oxygen atoms in total. The van der Waals surface area contributed by atoms with Crippen LogP contribution in [0.15, 0.2) is 174 Å². The number of fused-ring (bicyclic) bond motifs is 18. The van der Waals surface area contributed by atoms with Gasteiger partial charge in [-0.2, -0.15) is 0 Å². The molecule has 0 spiro atoms. The monoisotopic (exact) mass is 648 g/mol. The molecule has 0 radical (unpaired) electrons. The SMILES string of the molecule is c1ccc2c(c1)oc1c2c2c3ccccc3c3ccccc3c2c2c3ccccc3n(-c3ccc(-n4c5ccccc5c5ccccc54)cc3)c12. The molecule has 0 unspecified atom stereocenters. The van der Waals surface area contributed by atoms with Crippen molar-refractivity contribution in [3.8, 4) is 11.4 Å². The van der Waals surface area contributed by atoms with E-state index in [4.69, 9.17) is 4.42 Å². The van der Waals surface area contributed by atoms with Crippen LogP contribution in [0.3, 0.4) is 0 Å². The molecule has 12 aromatic rings. The van der Waals surface area contributed by atoms with Gasteiger partial charge in [0.15, 0.2) is 5.58 Å². The van der Waals surface area contributed by atoms with E-state index in [1.165, 1.54) is 70.3 Å². The lowest BCUT2D eigenvalue weighted by Crippen LogP contribution is -1.97. The largest absolute Gasteiger partial charge is 0.454 e. The van der Waals surface area contributed by atoms with Gasteiger partial charge in [-0.05, 0) is 70.1 Å². The van der Waals surface area contributed by atoms with Crippen molar-refractivity contribution < 1.29 is 4.42 Å². The third-order valence-corrected chi connectivity index (χ3v) is 11.1. The molecule has 0 aliphatic carbocycles. The highest BCUT2D eigenvalue weighted by Crippen LogP contribution is 2.50. The summed E-state index contributed by atoms with van der Waals surface area (Å²) in [5.41, 5.74) is 8.71. The number of benzene rings is 9. The first-order valence-electron chi connectivity index (χ1n) is 17.5. The third-order valence-electron chi connectivity index (χ3n) is 11.1. The van der Waals surface area contributed by atoms with E-state index in [2.05, 4.69) is 179 Å². The normalized spacial score (nSPS) is 12.3. The van der Waals surface area contributed by atoms with Gasteiger partial charge in [-0.3, -0.25) is 0 Å². The van der Waals surface area contributed by atoms with Crippen molar-refractivity contribution in [1.82, 2.24) is 9.13 Å². The van der Waals surface area contributed by atoms with E-state index in [0.29, 0.717) is 0 Å². The molecule has 0 fully saturated rings. The Morgan fingerprint density at radius 2 is 0.706 bits per heavy atom. The molecule has 3 aromatic heterocycles. The van der Waals surface area contributed by atoms with Gasteiger partial charge in [0.25, 0.3) is 0 Å². The Hall–Kier alpha value is -6.84. The third kappa shape index (κ3) is 3.47. The van der Waals surface area contributed by atoms with Crippen molar-refractivity contribution in [2.45, 2.75) is 0 Å². The zero-order valence-electron chi connectivity index (χ0n) is 27.5. The maximum atomic E-state index is 6.98. The van der Waals surface area contributed by atoms with E-state index >= 15 is 0 Å². The Labute approximate surface area is 291 Å². The summed E-state index contributed by atoms with van der Waals surface area (Å²) in [6, 6.07) is 61.5. The molecule has 0 saturated carbocycles. The van der Waals surface area contributed by atoms with Crippen molar-refractivity contribution in [2.24, 2.45) is 0 Å². The van der Waals surface area contributed by atoms with Crippen LogP contribution in [0, 0.1) is 0 Å². The van der Waals surface area contributed by atoms with Crippen LogP contribution in [0.25, 0.3) is 109 Å². The molecule has 51 heavy (non-hydrogen) atoms. The maximum Gasteiger partial charge on any atom is 0.160 e. The summed E-state index contributed by atoms with van der Waals surface area (Å²) < 4.78 is 11.8. The Kier molecular flexibility index (Phi) is 5.23. The second-order valence-corrected chi connectivity index (χ2v) is 13.6. The summed E-state index contributed by atoms with van der Waals surface area (Å²) in [7, 11) is 0. The van der Waals surface area contributed by atoms with Crippen LogP contribution in [0.4, 0.5) is 0 Å².